The number of pyridine rings is 1. The summed E-state index contributed by atoms with van der Waals surface area (Å²) in [5, 5.41) is 8.90. The van der Waals surface area contributed by atoms with Crippen LogP contribution in [0.1, 0.15) is 12.0 Å². The fourth-order valence-electron chi connectivity index (χ4n) is 2.05. The third-order valence-corrected chi connectivity index (χ3v) is 4.12. The van der Waals surface area contributed by atoms with Gasteiger partial charge in [-0.05, 0) is 17.7 Å². The molecule has 1 atom stereocenters. The van der Waals surface area contributed by atoms with Crippen LogP contribution in [0.3, 0.4) is 0 Å². The maximum absolute atomic E-state index is 12.2. The Kier molecular flexibility index (Phi) is 5.17. The second-order valence-corrected chi connectivity index (χ2v) is 5.63. The fraction of sp³-hybridized carbons (Fsp3) is 0.357. The molecule has 1 aliphatic heterocycles. The van der Waals surface area contributed by atoms with Gasteiger partial charge in [0, 0.05) is 36.5 Å². The lowest BCUT2D eigenvalue weighted by atomic mass is 10.2. The number of carbonyl (C=O) groups is 2. The van der Waals surface area contributed by atoms with Crippen LogP contribution in [0.4, 0.5) is 0 Å². The molecule has 0 aromatic carbocycles. The number of amides is 1. The molecule has 0 aliphatic carbocycles. The Morgan fingerprint density at radius 1 is 1.55 bits per heavy atom. The van der Waals surface area contributed by atoms with Gasteiger partial charge in [-0.15, -0.1) is 0 Å². The van der Waals surface area contributed by atoms with Crippen molar-refractivity contribution in [2.24, 2.45) is 0 Å². The number of aromatic nitrogens is 1. The Bertz CT molecular complexity index is 504. The second kappa shape index (κ2) is 7.09. The van der Waals surface area contributed by atoms with Crippen LogP contribution in [-0.4, -0.2) is 51.0 Å². The van der Waals surface area contributed by atoms with Crippen molar-refractivity contribution in [1.82, 2.24) is 9.88 Å². The minimum atomic E-state index is -0.869. The van der Waals surface area contributed by atoms with Crippen LogP contribution in [-0.2, 0) is 9.59 Å². The van der Waals surface area contributed by atoms with Crippen LogP contribution >= 0.6 is 11.8 Å². The van der Waals surface area contributed by atoms with Crippen molar-refractivity contribution in [2.45, 2.75) is 12.5 Å². The molecule has 0 bridgehead atoms. The predicted molar refractivity (Wildman–Crippen MR) is 78.3 cm³/mol. The summed E-state index contributed by atoms with van der Waals surface area (Å²) in [6.45, 7) is 0.596. The molecule has 2 heterocycles. The van der Waals surface area contributed by atoms with E-state index in [0.29, 0.717) is 12.3 Å². The molecule has 0 radical (unpaired) electrons. The van der Waals surface area contributed by atoms with E-state index in [9.17, 15) is 9.59 Å². The Balaban J connectivity index is 2.02. The maximum atomic E-state index is 12.2. The molecule has 2 rings (SSSR count). The molecule has 20 heavy (non-hydrogen) atoms. The van der Waals surface area contributed by atoms with Crippen molar-refractivity contribution >= 4 is 29.7 Å². The van der Waals surface area contributed by atoms with Crippen LogP contribution in [0.5, 0.6) is 0 Å². The predicted octanol–water partition coefficient (Wildman–Crippen LogP) is 1.51. The van der Waals surface area contributed by atoms with Crippen LogP contribution in [0.2, 0.25) is 0 Å². The highest BCUT2D eigenvalue weighted by molar-refractivity contribution is 7.99. The van der Waals surface area contributed by atoms with Gasteiger partial charge in [0.2, 0.25) is 5.91 Å². The number of carboxylic acid groups (broad SMARTS) is 1. The van der Waals surface area contributed by atoms with Crippen molar-refractivity contribution < 1.29 is 14.7 Å². The van der Waals surface area contributed by atoms with E-state index >= 15 is 0 Å². The van der Waals surface area contributed by atoms with E-state index in [4.69, 9.17) is 5.11 Å². The summed E-state index contributed by atoms with van der Waals surface area (Å²) in [5.41, 5.74) is 0.849. The van der Waals surface area contributed by atoms with E-state index in [1.165, 1.54) is 6.08 Å². The monoisotopic (exact) mass is 292 g/mol. The normalized spacial score (nSPS) is 19.2. The molecule has 0 spiro atoms. The van der Waals surface area contributed by atoms with E-state index in [1.807, 2.05) is 6.07 Å². The summed E-state index contributed by atoms with van der Waals surface area (Å²) in [6, 6.07) is 3.43. The average Bonchev–Trinajstić information content (AvgIpc) is 2.46. The maximum Gasteiger partial charge on any atom is 0.305 e. The lowest BCUT2D eigenvalue weighted by Crippen LogP contribution is -2.46. The van der Waals surface area contributed by atoms with Crippen molar-refractivity contribution in [2.75, 3.05) is 18.1 Å². The summed E-state index contributed by atoms with van der Waals surface area (Å²) >= 11 is 1.69. The van der Waals surface area contributed by atoms with Gasteiger partial charge in [0.25, 0.3) is 0 Å². The molecule has 6 heteroatoms. The Labute approximate surface area is 121 Å². The largest absolute Gasteiger partial charge is 0.481 e. The standard InChI is InChI=1S/C14H16N2O3S/c17-13(4-3-11-2-1-5-15-9-11)16-6-7-20-10-12(16)8-14(18)19/h1-5,9,12H,6-8,10H2,(H,18,19). The van der Waals surface area contributed by atoms with Gasteiger partial charge in [-0.3, -0.25) is 14.6 Å². The molecule has 1 saturated heterocycles. The summed E-state index contributed by atoms with van der Waals surface area (Å²) in [6.07, 6.45) is 6.53. The number of aliphatic carboxylic acids is 1. The van der Waals surface area contributed by atoms with E-state index in [-0.39, 0.29) is 18.4 Å². The highest BCUT2D eigenvalue weighted by atomic mass is 32.2. The molecule has 1 amide bonds. The van der Waals surface area contributed by atoms with Gasteiger partial charge in [-0.2, -0.15) is 11.8 Å². The molecule has 5 nitrogen and oxygen atoms in total. The number of nitrogens with zero attached hydrogens (tertiary/aromatic N) is 2. The topological polar surface area (TPSA) is 70.5 Å². The number of hydrogen-bond acceptors (Lipinski definition) is 4. The molecule has 1 unspecified atom stereocenters. The quantitative estimate of drug-likeness (QED) is 0.852. The number of carbonyl (C=O) groups excluding carboxylic acids is 1. The fourth-order valence-corrected chi connectivity index (χ4v) is 3.12. The van der Waals surface area contributed by atoms with E-state index in [1.54, 1.807) is 41.2 Å². The minimum Gasteiger partial charge on any atom is -0.481 e. The number of rotatable bonds is 4. The Hall–Kier alpha value is -1.82. The lowest BCUT2D eigenvalue weighted by Gasteiger charge is -2.33. The molecule has 1 N–H and O–H groups in total. The number of thioether (sulfide) groups is 1. The number of hydrogen-bond donors (Lipinski definition) is 1. The SMILES string of the molecule is O=C(O)CC1CSCCN1C(=O)C=Cc1cccnc1. The second-order valence-electron chi connectivity index (χ2n) is 4.48. The minimum absolute atomic E-state index is 0.000523. The Morgan fingerprint density at radius 3 is 3.10 bits per heavy atom. The van der Waals surface area contributed by atoms with Crippen LogP contribution in [0.25, 0.3) is 6.08 Å². The lowest BCUT2D eigenvalue weighted by molar-refractivity contribution is -0.139. The molecular formula is C14H16N2O3S. The smallest absolute Gasteiger partial charge is 0.305 e. The molecule has 1 aromatic rings. The molecular weight excluding hydrogens is 276 g/mol. The third-order valence-electron chi connectivity index (χ3n) is 3.02. The molecule has 1 fully saturated rings. The first-order valence-electron chi connectivity index (χ1n) is 6.35. The van der Waals surface area contributed by atoms with Crippen LogP contribution < -0.4 is 0 Å². The van der Waals surface area contributed by atoms with E-state index in [0.717, 1.165) is 11.3 Å². The molecule has 1 aliphatic rings. The van der Waals surface area contributed by atoms with Gasteiger partial charge in [-0.1, -0.05) is 6.07 Å². The van der Waals surface area contributed by atoms with Gasteiger partial charge in [-0.25, -0.2) is 0 Å². The van der Waals surface area contributed by atoms with Crippen molar-refractivity contribution in [1.29, 1.82) is 0 Å². The van der Waals surface area contributed by atoms with Gasteiger partial charge in [0.1, 0.15) is 0 Å². The first kappa shape index (κ1) is 14.6. The summed E-state index contributed by atoms with van der Waals surface area (Å²) in [4.78, 5) is 28.6. The van der Waals surface area contributed by atoms with Crippen LogP contribution in [0.15, 0.2) is 30.6 Å². The highest BCUT2D eigenvalue weighted by Gasteiger charge is 2.27. The summed E-state index contributed by atoms with van der Waals surface area (Å²) in [7, 11) is 0. The number of carboxylic acids is 1. The first-order chi connectivity index (χ1) is 9.66. The summed E-state index contributed by atoms with van der Waals surface area (Å²) in [5.74, 6) is 0.522. The van der Waals surface area contributed by atoms with Crippen LogP contribution in [0, 0.1) is 0 Å². The third kappa shape index (κ3) is 4.09. The van der Waals surface area contributed by atoms with Crippen molar-refractivity contribution in [3.63, 3.8) is 0 Å². The van der Waals surface area contributed by atoms with Gasteiger partial charge in [0.05, 0.1) is 12.5 Å². The van der Waals surface area contributed by atoms with Crippen molar-refractivity contribution in [3.8, 4) is 0 Å². The van der Waals surface area contributed by atoms with Gasteiger partial charge >= 0.3 is 5.97 Å². The Morgan fingerprint density at radius 2 is 2.40 bits per heavy atom. The molecule has 1 aromatic heterocycles. The highest BCUT2D eigenvalue weighted by Crippen LogP contribution is 2.19. The van der Waals surface area contributed by atoms with E-state index < -0.39 is 5.97 Å². The average molecular weight is 292 g/mol. The zero-order valence-corrected chi connectivity index (χ0v) is 11.8. The summed E-state index contributed by atoms with van der Waals surface area (Å²) < 4.78 is 0. The van der Waals surface area contributed by atoms with E-state index in [2.05, 4.69) is 4.98 Å². The zero-order chi connectivity index (χ0) is 14.4. The molecule has 106 valence electrons. The van der Waals surface area contributed by atoms with Crippen molar-refractivity contribution in [3.05, 3.63) is 36.2 Å². The van der Waals surface area contributed by atoms with Gasteiger partial charge < -0.3 is 10.0 Å². The first-order valence-corrected chi connectivity index (χ1v) is 7.50. The van der Waals surface area contributed by atoms with Gasteiger partial charge in [0.15, 0.2) is 0 Å². The molecule has 0 saturated carbocycles. The zero-order valence-electron chi connectivity index (χ0n) is 10.9.